The van der Waals surface area contributed by atoms with Gasteiger partial charge in [-0.3, -0.25) is 10.1 Å². The zero-order chi connectivity index (χ0) is 11.4. The topological polar surface area (TPSA) is 87.7 Å². The number of nitrogens with one attached hydrogen (secondary N) is 2. The van der Waals surface area contributed by atoms with Crippen LogP contribution in [0.3, 0.4) is 0 Å². The number of rotatable bonds is 4. The fourth-order valence-corrected chi connectivity index (χ4v) is 2.07. The molecule has 0 fully saturated rings. The van der Waals surface area contributed by atoms with E-state index < -0.39 is 10.0 Å². The standard InChI is InChI=1S/C9H10N4O2S/c14-16(15,9-6-11-12-7-9)13-5-8-1-3-10-4-2-8/h1-4,6-7,13H,5H2,(H,11,12). The van der Waals surface area contributed by atoms with E-state index in [-0.39, 0.29) is 11.4 Å². The summed E-state index contributed by atoms with van der Waals surface area (Å²) in [4.78, 5) is 3.97. The van der Waals surface area contributed by atoms with Gasteiger partial charge in [0.2, 0.25) is 10.0 Å². The van der Waals surface area contributed by atoms with Crippen LogP contribution in [0.4, 0.5) is 0 Å². The Kier molecular flexibility index (Phi) is 2.97. The SMILES string of the molecule is O=S(=O)(NCc1ccncc1)c1cn[nH]c1. The number of aromatic nitrogens is 3. The minimum absolute atomic E-state index is 0.126. The first-order valence-corrected chi connectivity index (χ1v) is 6.04. The molecule has 2 rings (SSSR count). The number of hydrogen-bond acceptors (Lipinski definition) is 4. The Bertz CT molecular complexity index is 536. The maximum Gasteiger partial charge on any atom is 0.243 e. The molecule has 0 aromatic carbocycles. The Morgan fingerprint density at radius 2 is 2.06 bits per heavy atom. The van der Waals surface area contributed by atoms with Gasteiger partial charge in [0.1, 0.15) is 4.90 Å². The van der Waals surface area contributed by atoms with Crippen LogP contribution in [0.2, 0.25) is 0 Å². The summed E-state index contributed by atoms with van der Waals surface area (Å²) in [5, 5.41) is 6.04. The third-order valence-corrected chi connectivity index (χ3v) is 3.37. The molecule has 2 aromatic rings. The van der Waals surface area contributed by atoms with Gasteiger partial charge in [0.25, 0.3) is 0 Å². The molecule has 0 saturated heterocycles. The third kappa shape index (κ3) is 2.44. The van der Waals surface area contributed by atoms with Gasteiger partial charge in [-0.25, -0.2) is 13.1 Å². The maximum absolute atomic E-state index is 11.7. The van der Waals surface area contributed by atoms with Crippen molar-refractivity contribution in [1.82, 2.24) is 19.9 Å². The highest BCUT2D eigenvalue weighted by atomic mass is 32.2. The van der Waals surface area contributed by atoms with Gasteiger partial charge in [0.05, 0.1) is 6.20 Å². The molecule has 2 N–H and O–H groups in total. The van der Waals surface area contributed by atoms with Crippen molar-refractivity contribution in [2.24, 2.45) is 0 Å². The van der Waals surface area contributed by atoms with Crippen LogP contribution < -0.4 is 4.72 Å². The minimum Gasteiger partial charge on any atom is -0.284 e. The molecule has 0 amide bonds. The van der Waals surface area contributed by atoms with Crippen molar-refractivity contribution in [3.63, 3.8) is 0 Å². The van der Waals surface area contributed by atoms with Gasteiger partial charge in [0.15, 0.2) is 0 Å². The van der Waals surface area contributed by atoms with Crippen molar-refractivity contribution in [3.8, 4) is 0 Å². The lowest BCUT2D eigenvalue weighted by Gasteiger charge is -2.03. The number of sulfonamides is 1. The second-order valence-electron chi connectivity index (χ2n) is 3.11. The lowest BCUT2D eigenvalue weighted by molar-refractivity contribution is 0.581. The lowest BCUT2D eigenvalue weighted by Crippen LogP contribution is -2.22. The molecular formula is C9H10N4O2S. The van der Waals surface area contributed by atoms with E-state index in [2.05, 4.69) is 19.9 Å². The van der Waals surface area contributed by atoms with E-state index in [1.54, 1.807) is 24.5 Å². The fraction of sp³-hybridized carbons (Fsp3) is 0.111. The van der Waals surface area contributed by atoms with Crippen LogP contribution in [0.15, 0.2) is 41.8 Å². The van der Waals surface area contributed by atoms with Crippen LogP contribution in [0.5, 0.6) is 0 Å². The Balaban J connectivity index is 2.07. The number of hydrogen-bond donors (Lipinski definition) is 2. The normalized spacial score (nSPS) is 11.5. The molecule has 0 saturated carbocycles. The number of pyridine rings is 1. The predicted octanol–water partition coefficient (Wildman–Crippen LogP) is 0.283. The van der Waals surface area contributed by atoms with Gasteiger partial charge >= 0.3 is 0 Å². The first-order chi connectivity index (χ1) is 7.68. The van der Waals surface area contributed by atoms with E-state index in [1.807, 2.05) is 0 Å². The quantitative estimate of drug-likeness (QED) is 0.801. The molecule has 0 aliphatic heterocycles. The zero-order valence-electron chi connectivity index (χ0n) is 8.29. The summed E-state index contributed by atoms with van der Waals surface area (Å²) in [5.41, 5.74) is 0.849. The summed E-state index contributed by atoms with van der Waals surface area (Å²) >= 11 is 0. The van der Waals surface area contributed by atoms with Gasteiger partial charge < -0.3 is 0 Å². The van der Waals surface area contributed by atoms with Gasteiger partial charge in [-0.2, -0.15) is 5.10 Å². The van der Waals surface area contributed by atoms with Crippen LogP contribution in [-0.4, -0.2) is 23.6 Å². The number of nitrogens with zero attached hydrogens (tertiary/aromatic N) is 2. The van der Waals surface area contributed by atoms with Gasteiger partial charge in [0, 0.05) is 25.1 Å². The second-order valence-corrected chi connectivity index (χ2v) is 4.88. The van der Waals surface area contributed by atoms with Crippen molar-refractivity contribution in [3.05, 3.63) is 42.5 Å². The van der Waals surface area contributed by atoms with Crippen molar-refractivity contribution in [2.75, 3.05) is 0 Å². The molecule has 7 heteroatoms. The smallest absolute Gasteiger partial charge is 0.243 e. The molecule has 0 aliphatic rings. The molecule has 6 nitrogen and oxygen atoms in total. The van der Waals surface area contributed by atoms with E-state index in [4.69, 9.17) is 0 Å². The van der Waals surface area contributed by atoms with E-state index in [1.165, 1.54) is 12.4 Å². The van der Waals surface area contributed by atoms with Crippen LogP contribution >= 0.6 is 0 Å². The molecule has 0 radical (unpaired) electrons. The molecule has 2 aromatic heterocycles. The van der Waals surface area contributed by atoms with E-state index in [0.29, 0.717) is 0 Å². The number of H-pyrrole nitrogens is 1. The lowest BCUT2D eigenvalue weighted by atomic mass is 10.3. The molecule has 0 unspecified atom stereocenters. The Labute approximate surface area is 92.8 Å². The van der Waals surface area contributed by atoms with Crippen LogP contribution in [-0.2, 0) is 16.6 Å². The first-order valence-electron chi connectivity index (χ1n) is 4.56. The van der Waals surface area contributed by atoms with Gasteiger partial charge in [-0.1, -0.05) is 0 Å². The molecule has 16 heavy (non-hydrogen) atoms. The van der Waals surface area contributed by atoms with E-state index in [9.17, 15) is 8.42 Å². The van der Waals surface area contributed by atoms with E-state index >= 15 is 0 Å². The van der Waals surface area contributed by atoms with Crippen LogP contribution in [0.25, 0.3) is 0 Å². The largest absolute Gasteiger partial charge is 0.284 e. The summed E-state index contributed by atoms with van der Waals surface area (Å²) in [6.07, 6.45) is 5.81. The van der Waals surface area contributed by atoms with Crippen molar-refractivity contribution < 1.29 is 8.42 Å². The summed E-state index contributed by atoms with van der Waals surface area (Å²) in [6, 6.07) is 3.50. The maximum atomic E-state index is 11.7. The molecular weight excluding hydrogens is 228 g/mol. The van der Waals surface area contributed by atoms with Gasteiger partial charge in [-0.15, -0.1) is 0 Å². The molecule has 0 bridgehead atoms. The molecule has 2 heterocycles. The molecule has 84 valence electrons. The molecule has 0 atom stereocenters. The Morgan fingerprint density at radius 1 is 1.31 bits per heavy atom. The second kappa shape index (κ2) is 4.42. The van der Waals surface area contributed by atoms with E-state index in [0.717, 1.165) is 5.56 Å². The summed E-state index contributed by atoms with van der Waals surface area (Å²) in [6.45, 7) is 0.232. The Hall–Kier alpha value is -1.73. The Morgan fingerprint density at radius 3 is 2.69 bits per heavy atom. The first kappa shape index (κ1) is 10.8. The predicted molar refractivity (Wildman–Crippen MR) is 56.9 cm³/mol. The summed E-state index contributed by atoms with van der Waals surface area (Å²) in [5.74, 6) is 0. The van der Waals surface area contributed by atoms with Crippen molar-refractivity contribution in [1.29, 1.82) is 0 Å². The highest BCUT2D eigenvalue weighted by Crippen LogP contribution is 2.05. The summed E-state index contributed by atoms with van der Waals surface area (Å²) < 4.78 is 25.8. The fourth-order valence-electron chi connectivity index (χ4n) is 1.15. The van der Waals surface area contributed by atoms with Crippen molar-refractivity contribution in [2.45, 2.75) is 11.4 Å². The van der Waals surface area contributed by atoms with Crippen LogP contribution in [0.1, 0.15) is 5.56 Å². The van der Waals surface area contributed by atoms with Gasteiger partial charge in [-0.05, 0) is 17.7 Å². The number of aromatic amines is 1. The molecule has 0 aliphatic carbocycles. The third-order valence-electron chi connectivity index (χ3n) is 2.00. The summed E-state index contributed by atoms with van der Waals surface area (Å²) in [7, 11) is -3.48. The highest BCUT2D eigenvalue weighted by molar-refractivity contribution is 7.89. The zero-order valence-corrected chi connectivity index (χ0v) is 9.11. The average Bonchev–Trinajstić information content (AvgIpc) is 2.82. The van der Waals surface area contributed by atoms with Crippen LogP contribution in [0, 0.1) is 0 Å². The molecule has 0 spiro atoms. The minimum atomic E-state index is -3.48. The average molecular weight is 238 g/mol. The monoisotopic (exact) mass is 238 g/mol. The highest BCUT2D eigenvalue weighted by Gasteiger charge is 2.14. The van der Waals surface area contributed by atoms with Crippen molar-refractivity contribution >= 4 is 10.0 Å².